The Kier molecular flexibility index (Phi) is 6.65. The Labute approximate surface area is 197 Å². The third kappa shape index (κ3) is 4.57. The van der Waals surface area contributed by atoms with Crippen molar-refractivity contribution >= 4 is 28.8 Å². The highest BCUT2D eigenvalue weighted by molar-refractivity contribution is 7.09. The van der Waals surface area contributed by atoms with Gasteiger partial charge in [0.2, 0.25) is 0 Å². The summed E-state index contributed by atoms with van der Waals surface area (Å²) in [5.74, 6) is -0.698. The molecule has 6 heteroatoms. The number of rotatable bonds is 7. The fraction of sp³-hybridized carbons (Fsp3) is 0.259. The standard InChI is InChI=1S/C27H27NO4S/c1-4-12-32-22-11-10-20(15-18(22)3)25(29)23-24(19-8-5-7-17(2)14-19)28(27(31)26(23)30)16-21-9-6-13-33-21/h5-11,13-15,24,29H,4,12,16H2,1-3H3/b25-23-. The van der Waals surface area contributed by atoms with Crippen LogP contribution in [0.5, 0.6) is 5.75 Å². The second-order valence-electron chi connectivity index (χ2n) is 8.25. The average Bonchev–Trinajstić information content (AvgIpc) is 3.40. The minimum absolute atomic E-state index is 0.115. The lowest BCUT2D eigenvalue weighted by atomic mass is 9.94. The maximum absolute atomic E-state index is 13.2. The number of likely N-dealkylation sites (tertiary alicyclic amines) is 1. The lowest BCUT2D eigenvalue weighted by Crippen LogP contribution is -2.28. The van der Waals surface area contributed by atoms with Crippen molar-refractivity contribution in [2.45, 2.75) is 39.8 Å². The number of ether oxygens (including phenoxy) is 1. The molecule has 1 atom stereocenters. The zero-order chi connectivity index (χ0) is 23.5. The van der Waals surface area contributed by atoms with E-state index in [-0.39, 0.29) is 11.3 Å². The van der Waals surface area contributed by atoms with E-state index in [0.717, 1.165) is 33.7 Å². The van der Waals surface area contributed by atoms with Gasteiger partial charge in [-0.2, -0.15) is 0 Å². The second-order valence-corrected chi connectivity index (χ2v) is 9.28. The second kappa shape index (κ2) is 9.63. The van der Waals surface area contributed by atoms with Crippen molar-refractivity contribution < 1.29 is 19.4 Å². The summed E-state index contributed by atoms with van der Waals surface area (Å²) in [6, 6.07) is 16.2. The Morgan fingerprint density at radius 2 is 1.91 bits per heavy atom. The molecular formula is C27H27NO4S. The molecule has 1 aliphatic rings. The van der Waals surface area contributed by atoms with Crippen LogP contribution in [0, 0.1) is 13.8 Å². The number of hydrogen-bond acceptors (Lipinski definition) is 5. The summed E-state index contributed by atoms with van der Waals surface area (Å²) >= 11 is 1.53. The molecule has 1 unspecified atom stereocenters. The number of carbonyl (C=O) groups excluding carboxylic acids is 2. The van der Waals surface area contributed by atoms with Crippen molar-refractivity contribution in [3.05, 3.63) is 92.7 Å². The zero-order valence-electron chi connectivity index (χ0n) is 19.0. The summed E-state index contributed by atoms with van der Waals surface area (Å²) in [6.07, 6.45) is 0.894. The van der Waals surface area contributed by atoms with E-state index in [1.165, 1.54) is 11.3 Å². The van der Waals surface area contributed by atoms with Crippen LogP contribution < -0.4 is 4.74 Å². The molecule has 0 saturated carbocycles. The summed E-state index contributed by atoms with van der Waals surface area (Å²) in [5.41, 5.74) is 3.27. The topological polar surface area (TPSA) is 66.8 Å². The summed E-state index contributed by atoms with van der Waals surface area (Å²) in [4.78, 5) is 28.8. The van der Waals surface area contributed by atoms with Gasteiger partial charge in [-0.3, -0.25) is 9.59 Å². The molecule has 2 aromatic carbocycles. The molecule has 1 aromatic heterocycles. The predicted molar refractivity (Wildman–Crippen MR) is 130 cm³/mol. The van der Waals surface area contributed by atoms with Crippen molar-refractivity contribution in [2.75, 3.05) is 6.61 Å². The number of aryl methyl sites for hydroxylation is 2. The first kappa shape index (κ1) is 22.8. The van der Waals surface area contributed by atoms with E-state index in [0.29, 0.717) is 18.7 Å². The normalized spacial score (nSPS) is 17.5. The minimum Gasteiger partial charge on any atom is -0.507 e. The first-order chi connectivity index (χ1) is 15.9. The van der Waals surface area contributed by atoms with Crippen LogP contribution in [0.25, 0.3) is 5.76 Å². The Balaban J connectivity index is 1.82. The van der Waals surface area contributed by atoms with Crippen molar-refractivity contribution in [1.29, 1.82) is 0 Å². The van der Waals surface area contributed by atoms with Gasteiger partial charge in [0.25, 0.3) is 11.7 Å². The summed E-state index contributed by atoms with van der Waals surface area (Å²) in [6.45, 7) is 6.81. The number of aliphatic hydroxyl groups excluding tert-OH is 1. The third-order valence-electron chi connectivity index (χ3n) is 5.71. The molecule has 1 saturated heterocycles. The molecule has 0 bridgehead atoms. The average molecular weight is 462 g/mol. The van der Waals surface area contributed by atoms with Crippen LogP contribution >= 0.6 is 11.3 Å². The van der Waals surface area contributed by atoms with Gasteiger partial charge in [0.05, 0.1) is 24.8 Å². The number of hydrogen-bond donors (Lipinski definition) is 1. The lowest BCUT2D eigenvalue weighted by Gasteiger charge is -2.25. The van der Waals surface area contributed by atoms with E-state index in [2.05, 4.69) is 0 Å². The van der Waals surface area contributed by atoms with Crippen molar-refractivity contribution in [3.8, 4) is 5.75 Å². The number of benzene rings is 2. The smallest absolute Gasteiger partial charge is 0.295 e. The Morgan fingerprint density at radius 1 is 1.09 bits per heavy atom. The highest BCUT2D eigenvalue weighted by atomic mass is 32.1. The van der Waals surface area contributed by atoms with E-state index in [4.69, 9.17) is 4.74 Å². The lowest BCUT2D eigenvalue weighted by molar-refractivity contribution is -0.140. The van der Waals surface area contributed by atoms with Gasteiger partial charge in [0.15, 0.2) is 0 Å². The molecule has 5 nitrogen and oxygen atoms in total. The molecule has 1 aliphatic heterocycles. The van der Waals surface area contributed by atoms with E-state index in [1.807, 2.05) is 62.5 Å². The maximum atomic E-state index is 13.2. The fourth-order valence-corrected chi connectivity index (χ4v) is 4.83. The molecule has 1 fully saturated rings. The number of nitrogens with zero attached hydrogens (tertiary/aromatic N) is 1. The van der Waals surface area contributed by atoms with Crippen molar-refractivity contribution in [3.63, 3.8) is 0 Å². The number of thiophene rings is 1. The SMILES string of the molecule is CCCOc1ccc(/C(O)=C2/C(=O)C(=O)N(Cc3cccs3)C2c2cccc(C)c2)cc1C. The highest BCUT2D eigenvalue weighted by Crippen LogP contribution is 2.41. The number of aliphatic hydroxyl groups is 1. The number of ketones is 1. The van der Waals surface area contributed by atoms with Crippen LogP contribution in [-0.2, 0) is 16.1 Å². The molecule has 0 aliphatic carbocycles. The first-order valence-electron chi connectivity index (χ1n) is 11.0. The third-order valence-corrected chi connectivity index (χ3v) is 6.58. The van der Waals surface area contributed by atoms with E-state index in [9.17, 15) is 14.7 Å². The quantitative estimate of drug-likeness (QED) is 0.275. The zero-order valence-corrected chi connectivity index (χ0v) is 19.8. The number of carbonyl (C=O) groups is 2. The van der Waals surface area contributed by atoms with Crippen LogP contribution in [0.2, 0.25) is 0 Å². The van der Waals surface area contributed by atoms with E-state index >= 15 is 0 Å². The van der Waals surface area contributed by atoms with Gasteiger partial charge in [0, 0.05) is 10.4 Å². The molecule has 170 valence electrons. The fourth-order valence-electron chi connectivity index (χ4n) is 4.13. The monoisotopic (exact) mass is 461 g/mol. The van der Waals surface area contributed by atoms with Crippen molar-refractivity contribution in [2.24, 2.45) is 0 Å². The van der Waals surface area contributed by atoms with Crippen LogP contribution in [0.3, 0.4) is 0 Å². The van der Waals surface area contributed by atoms with Crippen LogP contribution in [0.1, 0.15) is 46.5 Å². The molecule has 3 aromatic rings. The first-order valence-corrected chi connectivity index (χ1v) is 11.9. The van der Waals surface area contributed by atoms with Gasteiger partial charge in [-0.15, -0.1) is 11.3 Å². The summed E-state index contributed by atoms with van der Waals surface area (Å²) < 4.78 is 5.74. The Bertz CT molecular complexity index is 1210. The Morgan fingerprint density at radius 3 is 2.58 bits per heavy atom. The van der Waals surface area contributed by atoms with Crippen molar-refractivity contribution in [1.82, 2.24) is 4.90 Å². The summed E-state index contributed by atoms with van der Waals surface area (Å²) in [5, 5.41) is 13.2. The molecule has 2 heterocycles. The van der Waals surface area contributed by atoms with E-state index < -0.39 is 17.7 Å². The van der Waals surface area contributed by atoms with Crippen LogP contribution in [0.4, 0.5) is 0 Å². The molecule has 4 rings (SSSR count). The predicted octanol–water partition coefficient (Wildman–Crippen LogP) is 5.78. The van der Waals surface area contributed by atoms with Gasteiger partial charge in [-0.05, 0) is 61.0 Å². The van der Waals surface area contributed by atoms with Gasteiger partial charge in [0.1, 0.15) is 11.5 Å². The highest BCUT2D eigenvalue weighted by Gasteiger charge is 2.46. The van der Waals surface area contributed by atoms with Gasteiger partial charge in [-0.25, -0.2) is 0 Å². The molecule has 1 amide bonds. The summed E-state index contributed by atoms with van der Waals surface area (Å²) in [7, 11) is 0. The van der Waals surface area contributed by atoms with Crippen LogP contribution in [-0.4, -0.2) is 28.3 Å². The van der Waals surface area contributed by atoms with E-state index in [1.54, 1.807) is 23.1 Å². The van der Waals surface area contributed by atoms with Gasteiger partial charge in [-0.1, -0.05) is 42.8 Å². The van der Waals surface area contributed by atoms with Gasteiger partial charge >= 0.3 is 0 Å². The largest absolute Gasteiger partial charge is 0.507 e. The minimum atomic E-state index is -0.667. The van der Waals surface area contributed by atoms with Gasteiger partial charge < -0.3 is 14.7 Å². The number of amides is 1. The number of Topliss-reactive ketones (excluding diaryl/α,β-unsaturated/α-hetero) is 1. The Hall–Kier alpha value is -3.38. The van der Waals surface area contributed by atoms with Crippen LogP contribution in [0.15, 0.2) is 65.6 Å². The molecule has 0 radical (unpaired) electrons. The maximum Gasteiger partial charge on any atom is 0.295 e. The molecule has 0 spiro atoms. The molecule has 33 heavy (non-hydrogen) atoms. The molecular weight excluding hydrogens is 434 g/mol. The molecule has 1 N–H and O–H groups in total.